The Morgan fingerprint density at radius 2 is 1.72 bits per heavy atom. The smallest absolute Gasteiger partial charge is 0.224 e. The molecule has 2 fully saturated rings. The standard InChI is InChI=1S/C31H35ClN2O2/c32-26-15-13-25(14-16-26)31(17-18-31)33-20-22-7-6-10-24(19-22)27-11-4-5-12-28(27)30(36)34-29(21-35)23-8-2-1-3-9-23/h1-3,6-10,13-16,19,27-29,33,35H,4-5,11-12,17-18,20-21H2,(H,34,36)/t27?,28?,29-/m0/s1. The fourth-order valence-electron chi connectivity index (χ4n) is 5.71. The maximum Gasteiger partial charge on any atom is 0.224 e. The molecule has 3 aromatic carbocycles. The highest BCUT2D eigenvalue weighted by Gasteiger charge is 2.43. The van der Waals surface area contributed by atoms with E-state index in [1.807, 2.05) is 42.5 Å². The molecule has 5 heteroatoms. The molecule has 188 valence electrons. The summed E-state index contributed by atoms with van der Waals surface area (Å²) in [5.41, 5.74) is 4.76. The van der Waals surface area contributed by atoms with Crippen LogP contribution in [0, 0.1) is 5.92 Å². The molecule has 3 atom stereocenters. The van der Waals surface area contributed by atoms with Crippen LogP contribution in [0.15, 0.2) is 78.9 Å². The number of rotatable bonds is 9. The molecular weight excluding hydrogens is 468 g/mol. The van der Waals surface area contributed by atoms with E-state index < -0.39 is 0 Å². The molecule has 2 aliphatic carbocycles. The van der Waals surface area contributed by atoms with Gasteiger partial charge in [-0.25, -0.2) is 0 Å². The minimum atomic E-state index is -0.376. The van der Waals surface area contributed by atoms with Gasteiger partial charge in [-0.3, -0.25) is 4.79 Å². The Bertz CT molecular complexity index is 1160. The molecule has 36 heavy (non-hydrogen) atoms. The zero-order valence-electron chi connectivity index (χ0n) is 20.6. The SMILES string of the molecule is O=C(N[C@@H](CO)c1ccccc1)C1CCCCC1c1cccc(CNC2(c3ccc(Cl)cc3)CC2)c1. The fraction of sp³-hybridized carbons (Fsp3) is 0.387. The van der Waals surface area contributed by atoms with Gasteiger partial charge in [-0.05, 0) is 66.0 Å². The third-order valence-corrected chi connectivity index (χ3v) is 8.21. The van der Waals surface area contributed by atoms with Crippen LogP contribution in [-0.2, 0) is 16.9 Å². The molecule has 4 nitrogen and oxygen atoms in total. The molecule has 0 aliphatic heterocycles. The third-order valence-electron chi connectivity index (χ3n) is 7.96. The van der Waals surface area contributed by atoms with E-state index >= 15 is 0 Å². The predicted octanol–water partition coefficient (Wildman–Crippen LogP) is 6.24. The second-order valence-electron chi connectivity index (χ2n) is 10.3. The van der Waals surface area contributed by atoms with Crippen molar-refractivity contribution in [2.75, 3.05) is 6.61 Å². The summed E-state index contributed by atoms with van der Waals surface area (Å²) in [4.78, 5) is 13.4. The molecule has 0 saturated heterocycles. The molecule has 3 N–H and O–H groups in total. The van der Waals surface area contributed by atoms with Gasteiger partial charge in [0, 0.05) is 23.0 Å². The van der Waals surface area contributed by atoms with Gasteiger partial charge >= 0.3 is 0 Å². The fourth-order valence-corrected chi connectivity index (χ4v) is 5.83. The molecule has 2 aliphatic rings. The van der Waals surface area contributed by atoms with Crippen LogP contribution in [0.5, 0.6) is 0 Å². The van der Waals surface area contributed by atoms with Crippen LogP contribution >= 0.6 is 11.6 Å². The predicted molar refractivity (Wildman–Crippen MR) is 145 cm³/mol. The van der Waals surface area contributed by atoms with Crippen molar-refractivity contribution in [3.8, 4) is 0 Å². The van der Waals surface area contributed by atoms with Gasteiger partial charge in [0.2, 0.25) is 5.91 Å². The second-order valence-corrected chi connectivity index (χ2v) is 10.8. The number of nitrogens with one attached hydrogen (secondary N) is 2. The molecule has 0 radical (unpaired) electrons. The number of carbonyl (C=O) groups is 1. The summed E-state index contributed by atoms with van der Waals surface area (Å²) in [5, 5.41) is 17.6. The number of halogens is 1. The van der Waals surface area contributed by atoms with Gasteiger partial charge in [-0.1, -0.05) is 91.2 Å². The highest BCUT2D eigenvalue weighted by atomic mass is 35.5. The van der Waals surface area contributed by atoms with Crippen LogP contribution in [-0.4, -0.2) is 17.6 Å². The van der Waals surface area contributed by atoms with Crippen LogP contribution in [0.25, 0.3) is 0 Å². The average molecular weight is 503 g/mol. The van der Waals surface area contributed by atoms with E-state index in [0.717, 1.165) is 55.7 Å². The maximum absolute atomic E-state index is 13.4. The maximum atomic E-state index is 13.4. The Balaban J connectivity index is 1.27. The zero-order chi connectivity index (χ0) is 25.0. The van der Waals surface area contributed by atoms with Crippen molar-refractivity contribution in [2.24, 2.45) is 5.92 Å². The topological polar surface area (TPSA) is 61.4 Å². The van der Waals surface area contributed by atoms with Gasteiger partial charge in [0.25, 0.3) is 0 Å². The molecule has 3 aromatic rings. The van der Waals surface area contributed by atoms with Gasteiger partial charge in [0.05, 0.1) is 12.6 Å². The van der Waals surface area contributed by atoms with Crippen molar-refractivity contribution in [1.29, 1.82) is 0 Å². The average Bonchev–Trinajstić information content (AvgIpc) is 3.72. The van der Waals surface area contributed by atoms with E-state index in [0.29, 0.717) is 0 Å². The number of hydrogen-bond acceptors (Lipinski definition) is 3. The van der Waals surface area contributed by atoms with E-state index in [1.54, 1.807) is 0 Å². The number of benzene rings is 3. The van der Waals surface area contributed by atoms with Crippen molar-refractivity contribution in [2.45, 2.75) is 62.6 Å². The van der Waals surface area contributed by atoms with Crippen LogP contribution in [0.3, 0.4) is 0 Å². The van der Waals surface area contributed by atoms with Crippen LogP contribution < -0.4 is 10.6 Å². The molecule has 0 aromatic heterocycles. The monoisotopic (exact) mass is 502 g/mol. The van der Waals surface area contributed by atoms with Crippen molar-refractivity contribution < 1.29 is 9.90 Å². The summed E-state index contributed by atoms with van der Waals surface area (Å²) >= 11 is 6.09. The summed E-state index contributed by atoms with van der Waals surface area (Å²) in [6.45, 7) is 0.685. The first-order chi connectivity index (χ1) is 17.6. The minimum absolute atomic E-state index is 0.0462. The Labute approximate surface area is 219 Å². The van der Waals surface area contributed by atoms with Gasteiger partial charge in [0.1, 0.15) is 0 Å². The first-order valence-corrected chi connectivity index (χ1v) is 13.5. The van der Waals surface area contributed by atoms with Crippen LogP contribution in [0.1, 0.15) is 72.7 Å². The molecule has 0 heterocycles. The molecule has 0 spiro atoms. The molecule has 2 saturated carbocycles. The van der Waals surface area contributed by atoms with E-state index in [1.165, 1.54) is 16.7 Å². The second kappa shape index (κ2) is 11.2. The Kier molecular flexibility index (Phi) is 7.76. The Hall–Kier alpha value is -2.66. The molecule has 0 bridgehead atoms. The van der Waals surface area contributed by atoms with Crippen molar-refractivity contribution in [3.05, 3.63) is 106 Å². The highest BCUT2D eigenvalue weighted by Crippen LogP contribution is 2.46. The zero-order valence-corrected chi connectivity index (χ0v) is 21.4. The van der Waals surface area contributed by atoms with E-state index in [9.17, 15) is 9.90 Å². The van der Waals surface area contributed by atoms with Crippen LogP contribution in [0.4, 0.5) is 0 Å². The van der Waals surface area contributed by atoms with E-state index in [2.05, 4.69) is 47.0 Å². The molecule has 1 amide bonds. The Morgan fingerprint density at radius 3 is 2.44 bits per heavy atom. The van der Waals surface area contributed by atoms with Gasteiger partial charge in [-0.15, -0.1) is 0 Å². The number of hydrogen-bond donors (Lipinski definition) is 3. The van der Waals surface area contributed by atoms with Gasteiger partial charge < -0.3 is 15.7 Å². The van der Waals surface area contributed by atoms with Crippen molar-refractivity contribution >= 4 is 17.5 Å². The quantitative estimate of drug-likeness (QED) is 0.324. The molecule has 5 rings (SSSR count). The summed E-state index contributed by atoms with van der Waals surface area (Å²) in [7, 11) is 0. The lowest BCUT2D eigenvalue weighted by Crippen LogP contribution is -2.39. The molecule has 2 unspecified atom stereocenters. The summed E-state index contributed by atoms with van der Waals surface area (Å²) in [6, 6.07) is 26.3. The number of aliphatic hydroxyl groups is 1. The van der Waals surface area contributed by atoms with E-state index in [4.69, 9.17) is 11.6 Å². The lowest BCUT2D eigenvalue weighted by atomic mass is 9.74. The van der Waals surface area contributed by atoms with Crippen molar-refractivity contribution in [3.63, 3.8) is 0 Å². The van der Waals surface area contributed by atoms with Crippen molar-refractivity contribution in [1.82, 2.24) is 10.6 Å². The number of amides is 1. The van der Waals surface area contributed by atoms with Gasteiger partial charge in [0.15, 0.2) is 0 Å². The van der Waals surface area contributed by atoms with Crippen LogP contribution in [0.2, 0.25) is 5.02 Å². The summed E-state index contributed by atoms with van der Waals surface area (Å²) in [6.07, 6.45) is 6.36. The summed E-state index contributed by atoms with van der Waals surface area (Å²) in [5.74, 6) is 0.161. The largest absolute Gasteiger partial charge is 0.394 e. The highest BCUT2D eigenvalue weighted by molar-refractivity contribution is 6.30. The third kappa shape index (κ3) is 5.67. The number of carbonyl (C=O) groups excluding carboxylic acids is 1. The van der Waals surface area contributed by atoms with Gasteiger partial charge in [-0.2, -0.15) is 0 Å². The number of aliphatic hydroxyl groups excluding tert-OH is 1. The Morgan fingerprint density at radius 1 is 0.972 bits per heavy atom. The normalized spacial score (nSPS) is 21.5. The minimum Gasteiger partial charge on any atom is -0.394 e. The first-order valence-electron chi connectivity index (χ1n) is 13.1. The summed E-state index contributed by atoms with van der Waals surface area (Å²) < 4.78 is 0. The molecular formula is C31H35ClN2O2. The van der Waals surface area contributed by atoms with E-state index in [-0.39, 0.29) is 35.9 Å². The lowest BCUT2D eigenvalue weighted by Gasteiger charge is -2.32. The lowest BCUT2D eigenvalue weighted by molar-refractivity contribution is -0.127. The first kappa shape index (κ1) is 25.0.